The SMILES string of the molecule is CC(C)Oc1cc(-c2cn[nH]c2)ccc1CN(C(=O)[C@@H]1CCCN(c2cccc(OC(C)(C)C(=O)N3CCN(C(=O)OC(C)(C)C)CC3)c2)C1)C1CC1. The average Bonchev–Trinajstić information content (AvgIpc) is 3.81. The van der Waals surface area contributed by atoms with Crippen molar-refractivity contribution in [2.75, 3.05) is 44.2 Å². The lowest BCUT2D eigenvalue weighted by molar-refractivity contribution is -0.147. The van der Waals surface area contributed by atoms with Gasteiger partial charge in [-0.15, -0.1) is 0 Å². The minimum Gasteiger partial charge on any atom is -0.491 e. The second-order valence-corrected chi connectivity index (χ2v) is 16.3. The smallest absolute Gasteiger partial charge is 0.410 e. The third-order valence-corrected chi connectivity index (χ3v) is 9.93. The van der Waals surface area contributed by atoms with Gasteiger partial charge in [-0.2, -0.15) is 5.10 Å². The third kappa shape index (κ3) is 9.63. The van der Waals surface area contributed by atoms with Crippen LogP contribution in [0.5, 0.6) is 11.5 Å². The molecule has 2 saturated heterocycles. The second kappa shape index (κ2) is 15.7. The van der Waals surface area contributed by atoms with E-state index in [1.165, 1.54) is 0 Å². The maximum absolute atomic E-state index is 14.3. The Hall–Kier alpha value is -4.74. The zero-order chi connectivity index (χ0) is 37.9. The van der Waals surface area contributed by atoms with Crippen molar-refractivity contribution in [3.05, 3.63) is 60.4 Å². The Labute approximate surface area is 313 Å². The van der Waals surface area contributed by atoms with E-state index in [-0.39, 0.29) is 36.0 Å². The molecule has 0 spiro atoms. The molecule has 1 N–H and O–H groups in total. The summed E-state index contributed by atoms with van der Waals surface area (Å²) >= 11 is 0. The van der Waals surface area contributed by atoms with Crippen LogP contribution in [0.4, 0.5) is 10.5 Å². The molecule has 3 fully saturated rings. The van der Waals surface area contributed by atoms with Crippen LogP contribution < -0.4 is 14.4 Å². The summed E-state index contributed by atoms with van der Waals surface area (Å²) in [5, 5.41) is 6.98. The number of hydrogen-bond acceptors (Lipinski definition) is 8. The average molecular weight is 729 g/mol. The van der Waals surface area contributed by atoms with Crippen LogP contribution in [0, 0.1) is 5.92 Å². The van der Waals surface area contributed by atoms with Crippen molar-refractivity contribution < 1.29 is 28.6 Å². The predicted octanol–water partition coefficient (Wildman–Crippen LogP) is 6.51. The lowest BCUT2D eigenvalue weighted by Gasteiger charge is -2.39. The summed E-state index contributed by atoms with van der Waals surface area (Å²) in [6, 6.07) is 14.3. The number of carbonyl (C=O) groups is 3. The lowest BCUT2D eigenvalue weighted by atomic mass is 9.95. The van der Waals surface area contributed by atoms with Gasteiger partial charge in [-0.3, -0.25) is 14.7 Å². The zero-order valence-electron chi connectivity index (χ0n) is 32.4. The van der Waals surface area contributed by atoms with Crippen LogP contribution in [0.3, 0.4) is 0 Å². The van der Waals surface area contributed by atoms with Gasteiger partial charge in [0.05, 0.1) is 18.2 Å². The van der Waals surface area contributed by atoms with Crippen LogP contribution in [0.2, 0.25) is 0 Å². The molecule has 3 aromatic rings. The fourth-order valence-electron chi connectivity index (χ4n) is 7.12. The van der Waals surface area contributed by atoms with Crippen LogP contribution in [-0.2, 0) is 20.9 Å². The summed E-state index contributed by atoms with van der Waals surface area (Å²) in [6.07, 6.45) is 7.07. The number of amides is 3. The minimum absolute atomic E-state index is 0.00434. The molecule has 3 heterocycles. The van der Waals surface area contributed by atoms with Crippen molar-refractivity contribution >= 4 is 23.6 Å². The Morgan fingerprint density at radius 2 is 1.66 bits per heavy atom. The topological polar surface area (TPSA) is 121 Å². The standard InChI is InChI=1S/C41H56N6O6/c1-28(2)51-36-22-29(32-24-42-43-25-32)13-14-30(36)27-47(33-15-16-33)37(48)31-10-9-17-46(26-31)34-11-8-12-35(23-34)52-41(6,7)38(49)44-18-20-45(21-19-44)39(50)53-40(3,4)5/h8,11-14,22-25,28,31,33H,9-10,15-21,26-27H2,1-7H3,(H,42,43)/t31-/m1/s1. The van der Waals surface area contributed by atoms with E-state index >= 15 is 0 Å². The zero-order valence-corrected chi connectivity index (χ0v) is 32.4. The first kappa shape index (κ1) is 38.0. The number of carbonyl (C=O) groups excluding carboxylic acids is 3. The van der Waals surface area contributed by atoms with Gasteiger partial charge in [0.1, 0.15) is 17.1 Å². The number of hydrogen-bond donors (Lipinski definition) is 1. The van der Waals surface area contributed by atoms with E-state index in [0.717, 1.165) is 60.4 Å². The molecule has 12 nitrogen and oxygen atoms in total. The maximum atomic E-state index is 14.3. The molecule has 1 aromatic heterocycles. The first-order chi connectivity index (χ1) is 25.2. The van der Waals surface area contributed by atoms with Gasteiger partial charge in [-0.1, -0.05) is 18.2 Å². The number of piperazine rings is 1. The molecular weight excluding hydrogens is 672 g/mol. The predicted molar refractivity (Wildman–Crippen MR) is 204 cm³/mol. The van der Waals surface area contributed by atoms with E-state index < -0.39 is 11.2 Å². The largest absolute Gasteiger partial charge is 0.491 e. The molecule has 1 aliphatic carbocycles. The van der Waals surface area contributed by atoms with E-state index in [1.54, 1.807) is 29.8 Å². The molecule has 0 radical (unpaired) electrons. The van der Waals surface area contributed by atoms with Crippen molar-refractivity contribution in [1.82, 2.24) is 24.9 Å². The van der Waals surface area contributed by atoms with E-state index in [9.17, 15) is 14.4 Å². The quantitative estimate of drug-likeness (QED) is 0.238. The number of ether oxygens (including phenoxy) is 3. The van der Waals surface area contributed by atoms with E-state index in [2.05, 4.69) is 38.2 Å². The fourth-order valence-corrected chi connectivity index (χ4v) is 7.12. The summed E-state index contributed by atoms with van der Waals surface area (Å²) in [5.41, 5.74) is 2.29. The lowest BCUT2D eigenvalue weighted by Crippen LogP contribution is -2.57. The summed E-state index contributed by atoms with van der Waals surface area (Å²) in [5.74, 6) is 1.32. The third-order valence-electron chi connectivity index (χ3n) is 9.93. The van der Waals surface area contributed by atoms with Crippen molar-refractivity contribution in [3.63, 3.8) is 0 Å². The number of aromatic amines is 1. The molecule has 3 amide bonds. The summed E-state index contributed by atoms with van der Waals surface area (Å²) in [4.78, 5) is 48.2. The molecule has 286 valence electrons. The molecule has 6 rings (SSSR count). The Kier molecular flexibility index (Phi) is 11.3. The van der Waals surface area contributed by atoms with Gasteiger partial charge in [0, 0.05) is 80.9 Å². The minimum atomic E-state index is -1.12. The first-order valence-corrected chi connectivity index (χ1v) is 19.1. The van der Waals surface area contributed by atoms with Crippen LogP contribution in [-0.4, -0.2) is 105 Å². The van der Waals surface area contributed by atoms with Crippen LogP contribution in [0.15, 0.2) is 54.9 Å². The molecule has 1 atom stereocenters. The van der Waals surface area contributed by atoms with Gasteiger partial charge in [-0.05, 0) is 97.9 Å². The van der Waals surface area contributed by atoms with Gasteiger partial charge in [-0.25, -0.2) is 4.79 Å². The summed E-state index contributed by atoms with van der Waals surface area (Å²) < 4.78 is 18.1. The fraction of sp³-hybridized carbons (Fsp3) is 0.561. The molecule has 1 saturated carbocycles. The Morgan fingerprint density at radius 1 is 0.925 bits per heavy atom. The highest BCUT2D eigenvalue weighted by atomic mass is 16.6. The highest BCUT2D eigenvalue weighted by Crippen LogP contribution is 2.36. The summed E-state index contributed by atoms with van der Waals surface area (Å²) in [6.45, 7) is 16.7. The second-order valence-electron chi connectivity index (χ2n) is 16.3. The van der Waals surface area contributed by atoms with Crippen LogP contribution in [0.1, 0.15) is 79.7 Å². The van der Waals surface area contributed by atoms with Gasteiger partial charge in [0.15, 0.2) is 5.60 Å². The molecule has 0 bridgehead atoms. The molecule has 2 aromatic carbocycles. The number of H-pyrrole nitrogens is 1. The molecule has 53 heavy (non-hydrogen) atoms. The van der Waals surface area contributed by atoms with Crippen molar-refractivity contribution in [1.29, 1.82) is 0 Å². The number of anilines is 1. The molecule has 3 aliphatic rings. The number of benzene rings is 2. The number of nitrogens with one attached hydrogen (secondary N) is 1. The van der Waals surface area contributed by atoms with E-state index in [4.69, 9.17) is 14.2 Å². The molecular formula is C41H56N6O6. The van der Waals surface area contributed by atoms with Gasteiger partial charge < -0.3 is 33.8 Å². The molecule has 12 heteroatoms. The van der Waals surface area contributed by atoms with Gasteiger partial charge in [0.2, 0.25) is 5.91 Å². The highest BCUT2D eigenvalue weighted by molar-refractivity contribution is 5.85. The molecule has 2 aliphatic heterocycles. The van der Waals surface area contributed by atoms with E-state index in [1.807, 2.05) is 65.1 Å². The van der Waals surface area contributed by atoms with Crippen molar-refractivity contribution in [2.24, 2.45) is 5.92 Å². The van der Waals surface area contributed by atoms with Crippen molar-refractivity contribution in [3.8, 4) is 22.6 Å². The number of nitrogens with zero attached hydrogens (tertiary/aromatic N) is 5. The van der Waals surface area contributed by atoms with Crippen LogP contribution in [0.25, 0.3) is 11.1 Å². The number of aromatic nitrogens is 2. The Balaban J connectivity index is 1.09. The number of rotatable bonds is 11. The summed E-state index contributed by atoms with van der Waals surface area (Å²) in [7, 11) is 0. The number of piperidine rings is 1. The van der Waals surface area contributed by atoms with Crippen LogP contribution >= 0.6 is 0 Å². The van der Waals surface area contributed by atoms with Gasteiger partial charge in [0.25, 0.3) is 5.91 Å². The van der Waals surface area contributed by atoms with E-state index in [0.29, 0.717) is 45.0 Å². The first-order valence-electron chi connectivity index (χ1n) is 19.1. The normalized spacial score (nSPS) is 18.2. The Morgan fingerprint density at radius 3 is 2.32 bits per heavy atom. The van der Waals surface area contributed by atoms with Crippen molar-refractivity contribution in [2.45, 2.75) is 104 Å². The Bertz CT molecular complexity index is 1740. The van der Waals surface area contributed by atoms with Gasteiger partial charge >= 0.3 is 6.09 Å². The highest BCUT2D eigenvalue weighted by Gasteiger charge is 2.39. The monoisotopic (exact) mass is 728 g/mol. The molecule has 0 unspecified atom stereocenters. The maximum Gasteiger partial charge on any atom is 0.410 e.